The van der Waals surface area contributed by atoms with Crippen LogP contribution in [-0.2, 0) is 4.79 Å². The van der Waals surface area contributed by atoms with Crippen LogP contribution >= 0.6 is 0 Å². The molecule has 1 fully saturated rings. The van der Waals surface area contributed by atoms with E-state index in [0.717, 1.165) is 12.8 Å². The summed E-state index contributed by atoms with van der Waals surface area (Å²) < 4.78 is 0. The van der Waals surface area contributed by atoms with Crippen molar-refractivity contribution < 1.29 is 14.7 Å². The van der Waals surface area contributed by atoms with Crippen LogP contribution in [-0.4, -0.2) is 47.7 Å². The average molecular weight is 243 g/mol. The van der Waals surface area contributed by atoms with Gasteiger partial charge in [-0.2, -0.15) is 0 Å². The molecule has 4 N–H and O–H groups in total. The van der Waals surface area contributed by atoms with E-state index >= 15 is 0 Å². The summed E-state index contributed by atoms with van der Waals surface area (Å²) in [6.45, 7) is 3.60. The minimum atomic E-state index is -0.825. The maximum absolute atomic E-state index is 11.7. The summed E-state index contributed by atoms with van der Waals surface area (Å²) in [4.78, 5) is 24.0. The van der Waals surface area contributed by atoms with Crippen LogP contribution in [0.1, 0.15) is 26.2 Å². The molecule has 0 spiro atoms. The van der Waals surface area contributed by atoms with Gasteiger partial charge in [-0.3, -0.25) is 4.79 Å². The van der Waals surface area contributed by atoms with Gasteiger partial charge in [0.15, 0.2) is 0 Å². The molecule has 6 nitrogen and oxygen atoms in total. The Hall–Kier alpha value is -1.30. The third kappa shape index (κ3) is 4.60. The predicted molar refractivity (Wildman–Crippen MR) is 63.6 cm³/mol. The number of carbonyl (C=O) groups is 2. The molecular weight excluding hydrogens is 222 g/mol. The van der Waals surface area contributed by atoms with Crippen molar-refractivity contribution in [2.45, 2.75) is 32.2 Å². The first-order chi connectivity index (χ1) is 8.02. The third-order valence-electron chi connectivity index (χ3n) is 3.09. The smallest absolute Gasteiger partial charge is 0.317 e. The van der Waals surface area contributed by atoms with Gasteiger partial charge in [0.05, 0.1) is 0 Å². The highest BCUT2D eigenvalue weighted by atomic mass is 16.4. The van der Waals surface area contributed by atoms with Crippen LogP contribution in [0.25, 0.3) is 0 Å². The van der Waals surface area contributed by atoms with E-state index in [2.05, 4.69) is 5.32 Å². The van der Waals surface area contributed by atoms with Gasteiger partial charge in [0.25, 0.3) is 0 Å². The highest BCUT2D eigenvalue weighted by Crippen LogP contribution is 2.09. The number of amides is 2. The molecule has 0 bridgehead atoms. The summed E-state index contributed by atoms with van der Waals surface area (Å²) in [6, 6.07) is -0.0662. The Morgan fingerprint density at radius 3 is 2.76 bits per heavy atom. The lowest BCUT2D eigenvalue weighted by molar-refractivity contribution is -0.138. The van der Waals surface area contributed by atoms with Crippen LogP contribution in [0.2, 0.25) is 0 Å². The molecule has 2 unspecified atom stereocenters. The summed E-state index contributed by atoms with van der Waals surface area (Å²) in [5.41, 5.74) is 5.71. The molecule has 1 saturated heterocycles. The molecule has 0 radical (unpaired) electrons. The normalized spacial score (nSPS) is 21.3. The summed E-state index contributed by atoms with van der Waals surface area (Å²) in [7, 11) is 0. The van der Waals surface area contributed by atoms with E-state index < -0.39 is 5.97 Å². The lowest BCUT2D eigenvalue weighted by Gasteiger charge is -2.19. The van der Waals surface area contributed by atoms with Crippen molar-refractivity contribution in [3.8, 4) is 0 Å². The number of carboxylic acid groups (broad SMARTS) is 1. The highest BCUT2D eigenvalue weighted by molar-refractivity contribution is 5.74. The Kier molecular flexibility index (Phi) is 5.21. The number of aliphatic carboxylic acids is 1. The SMILES string of the molecule is CCC(CNC(=O)N1CCC(N)C1)CC(=O)O. The number of hydrogen-bond donors (Lipinski definition) is 3. The zero-order valence-electron chi connectivity index (χ0n) is 10.2. The van der Waals surface area contributed by atoms with E-state index in [1.54, 1.807) is 4.90 Å². The van der Waals surface area contributed by atoms with E-state index in [0.29, 0.717) is 19.6 Å². The van der Waals surface area contributed by atoms with Gasteiger partial charge in [-0.1, -0.05) is 13.3 Å². The number of carboxylic acids is 1. The van der Waals surface area contributed by atoms with Gasteiger partial charge < -0.3 is 21.1 Å². The number of nitrogens with two attached hydrogens (primary N) is 1. The maximum atomic E-state index is 11.7. The van der Waals surface area contributed by atoms with Crippen molar-refractivity contribution in [3.05, 3.63) is 0 Å². The van der Waals surface area contributed by atoms with Crippen LogP contribution in [0.15, 0.2) is 0 Å². The largest absolute Gasteiger partial charge is 0.481 e. The van der Waals surface area contributed by atoms with Gasteiger partial charge in [-0.25, -0.2) is 4.79 Å². The van der Waals surface area contributed by atoms with Gasteiger partial charge in [0.1, 0.15) is 0 Å². The molecule has 2 atom stereocenters. The van der Waals surface area contributed by atoms with E-state index in [-0.39, 0.29) is 24.4 Å². The number of nitrogens with one attached hydrogen (secondary N) is 1. The second-order valence-electron chi connectivity index (χ2n) is 4.55. The van der Waals surface area contributed by atoms with Gasteiger partial charge >= 0.3 is 12.0 Å². The molecule has 0 aromatic rings. The number of nitrogens with zero attached hydrogens (tertiary/aromatic N) is 1. The van der Waals surface area contributed by atoms with E-state index in [1.165, 1.54) is 0 Å². The van der Waals surface area contributed by atoms with Crippen molar-refractivity contribution in [2.75, 3.05) is 19.6 Å². The van der Waals surface area contributed by atoms with Crippen LogP contribution < -0.4 is 11.1 Å². The lowest BCUT2D eigenvalue weighted by atomic mass is 10.0. The summed E-state index contributed by atoms with van der Waals surface area (Å²) in [5, 5.41) is 11.5. The Labute approximate surface area is 101 Å². The minimum absolute atomic E-state index is 0.00673. The van der Waals surface area contributed by atoms with E-state index in [4.69, 9.17) is 10.8 Å². The molecule has 1 aliphatic heterocycles. The quantitative estimate of drug-likeness (QED) is 0.644. The predicted octanol–water partition coefficient (Wildman–Crippen LogP) is 0.230. The molecule has 0 aromatic carbocycles. The van der Waals surface area contributed by atoms with Crippen molar-refractivity contribution >= 4 is 12.0 Å². The van der Waals surface area contributed by atoms with Crippen LogP contribution in [0.3, 0.4) is 0 Å². The summed E-state index contributed by atoms with van der Waals surface area (Å²) >= 11 is 0. The summed E-state index contributed by atoms with van der Waals surface area (Å²) in [5.74, 6) is -0.831. The van der Waals surface area contributed by atoms with Crippen LogP contribution in [0.4, 0.5) is 4.79 Å². The third-order valence-corrected chi connectivity index (χ3v) is 3.09. The molecule has 17 heavy (non-hydrogen) atoms. The highest BCUT2D eigenvalue weighted by Gasteiger charge is 2.23. The fourth-order valence-corrected chi connectivity index (χ4v) is 1.92. The Balaban J connectivity index is 2.28. The standard InChI is InChI=1S/C11H21N3O3/c1-2-8(5-10(15)16)6-13-11(17)14-4-3-9(12)7-14/h8-9H,2-7,12H2,1H3,(H,13,17)(H,15,16). The number of rotatable bonds is 5. The lowest BCUT2D eigenvalue weighted by Crippen LogP contribution is -2.41. The van der Waals surface area contributed by atoms with Crippen molar-refractivity contribution in [1.82, 2.24) is 10.2 Å². The number of carbonyl (C=O) groups excluding carboxylic acids is 1. The fourth-order valence-electron chi connectivity index (χ4n) is 1.92. The van der Waals surface area contributed by atoms with Gasteiger partial charge in [-0.15, -0.1) is 0 Å². The number of likely N-dealkylation sites (tertiary alicyclic amines) is 1. The Morgan fingerprint density at radius 1 is 1.59 bits per heavy atom. The van der Waals surface area contributed by atoms with Gasteiger partial charge in [0.2, 0.25) is 0 Å². The molecule has 0 saturated carbocycles. The monoisotopic (exact) mass is 243 g/mol. The average Bonchev–Trinajstić information content (AvgIpc) is 2.70. The number of urea groups is 1. The molecule has 1 heterocycles. The molecule has 2 amide bonds. The van der Waals surface area contributed by atoms with Crippen molar-refractivity contribution in [2.24, 2.45) is 11.7 Å². The van der Waals surface area contributed by atoms with Crippen LogP contribution in [0, 0.1) is 5.92 Å². The zero-order chi connectivity index (χ0) is 12.8. The van der Waals surface area contributed by atoms with E-state index in [1.807, 2.05) is 6.92 Å². The first-order valence-electron chi connectivity index (χ1n) is 6.03. The van der Waals surface area contributed by atoms with Gasteiger partial charge in [0, 0.05) is 32.1 Å². The van der Waals surface area contributed by atoms with Crippen molar-refractivity contribution in [1.29, 1.82) is 0 Å². The first-order valence-corrected chi connectivity index (χ1v) is 6.03. The molecule has 0 aliphatic carbocycles. The number of hydrogen-bond acceptors (Lipinski definition) is 3. The molecule has 1 aliphatic rings. The molecule has 6 heteroatoms. The summed E-state index contributed by atoms with van der Waals surface area (Å²) in [6.07, 6.45) is 1.67. The second-order valence-corrected chi connectivity index (χ2v) is 4.55. The minimum Gasteiger partial charge on any atom is -0.481 e. The molecule has 98 valence electrons. The first kappa shape index (κ1) is 13.8. The van der Waals surface area contributed by atoms with E-state index in [9.17, 15) is 9.59 Å². The Morgan fingerprint density at radius 2 is 2.29 bits per heavy atom. The van der Waals surface area contributed by atoms with Gasteiger partial charge in [-0.05, 0) is 12.3 Å². The molecule has 0 aromatic heterocycles. The Bertz CT molecular complexity index is 283. The molecular formula is C11H21N3O3. The topological polar surface area (TPSA) is 95.7 Å². The fraction of sp³-hybridized carbons (Fsp3) is 0.818. The zero-order valence-corrected chi connectivity index (χ0v) is 10.2. The maximum Gasteiger partial charge on any atom is 0.317 e. The van der Waals surface area contributed by atoms with Crippen molar-refractivity contribution in [3.63, 3.8) is 0 Å². The van der Waals surface area contributed by atoms with Crippen LogP contribution in [0.5, 0.6) is 0 Å². The molecule has 1 rings (SSSR count). The second kappa shape index (κ2) is 6.44.